The second kappa shape index (κ2) is 12.7. The number of hydrogen-bond donors (Lipinski definition) is 2. The first kappa shape index (κ1) is 29.3. The van der Waals surface area contributed by atoms with E-state index < -0.39 is 34.2 Å². The summed E-state index contributed by atoms with van der Waals surface area (Å²) in [5.74, 6) is -1.62. The van der Waals surface area contributed by atoms with Crippen LogP contribution in [0.3, 0.4) is 0 Å². The second-order valence-electron chi connectivity index (χ2n) is 9.33. The summed E-state index contributed by atoms with van der Waals surface area (Å²) >= 11 is 0. The monoisotopic (exact) mass is 582 g/mol. The number of nitrogens with zero attached hydrogens (tertiary/aromatic N) is 1. The van der Waals surface area contributed by atoms with E-state index in [0.717, 1.165) is 24.0 Å². The number of nitrogens with one attached hydrogen (secondary N) is 1. The fourth-order valence-corrected chi connectivity index (χ4v) is 4.77. The first-order valence-electron chi connectivity index (χ1n) is 12.4. The van der Waals surface area contributed by atoms with Crippen LogP contribution in [0.5, 0.6) is 17.2 Å². The minimum atomic E-state index is -3.52. The summed E-state index contributed by atoms with van der Waals surface area (Å²) in [6.07, 6.45) is 1.07. The van der Waals surface area contributed by atoms with Crippen molar-refractivity contribution >= 4 is 27.4 Å². The fourth-order valence-electron chi connectivity index (χ4n) is 4.15. The number of ether oxygens (including phenoxy) is 2. The van der Waals surface area contributed by atoms with Gasteiger partial charge in [0.2, 0.25) is 10.0 Å². The molecule has 214 valence electrons. The molecule has 0 saturated carbocycles. The van der Waals surface area contributed by atoms with Crippen LogP contribution < -0.4 is 19.1 Å². The van der Waals surface area contributed by atoms with Gasteiger partial charge in [-0.25, -0.2) is 22.0 Å². The molecule has 0 spiro atoms. The Labute approximate surface area is 236 Å². The third kappa shape index (κ3) is 8.42. The maximum absolute atomic E-state index is 14.0. The Morgan fingerprint density at radius 2 is 1.51 bits per heavy atom. The molecule has 0 unspecified atom stereocenters. The summed E-state index contributed by atoms with van der Waals surface area (Å²) in [6, 6.07) is 22.8. The molecule has 11 heteroatoms. The molecular weight excluding hydrogens is 554 g/mol. The number of benzene rings is 4. The number of carboxylic acid groups (broad SMARTS) is 1. The number of sulfonamides is 1. The van der Waals surface area contributed by atoms with Gasteiger partial charge in [0.15, 0.2) is 18.2 Å². The van der Waals surface area contributed by atoms with Crippen molar-refractivity contribution in [2.45, 2.75) is 20.0 Å². The first-order valence-corrected chi connectivity index (χ1v) is 14.3. The fraction of sp³-hybridized carbons (Fsp3) is 0.167. The maximum atomic E-state index is 14.0. The average molecular weight is 583 g/mol. The van der Waals surface area contributed by atoms with Crippen molar-refractivity contribution in [3.8, 4) is 17.2 Å². The van der Waals surface area contributed by atoms with E-state index in [-0.39, 0.29) is 6.54 Å². The van der Waals surface area contributed by atoms with Crippen LogP contribution in [0.25, 0.3) is 0 Å². The highest BCUT2D eigenvalue weighted by molar-refractivity contribution is 7.92. The lowest BCUT2D eigenvalue weighted by Gasteiger charge is -2.28. The van der Waals surface area contributed by atoms with Gasteiger partial charge in [0.1, 0.15) is 17.2 Å². The molecule has 0 atom stereocenters. The van der Waals surface area contributed by atoms with Crippen LogP contribution in [0.1, 0.15) is 16.7 Å². The minimum Gasteiger partial charge on any atom is -0.482 e. The summed E-state index contributed by atoms with van der Waals surface area (Å²) in [6.45, 7) is 1.90. The SMILES string of the molecule is Cc1c(NS(C)(=O)=O)cccc1N(Cc1ccc(Oc2cccc(OCC(=O)O)c2)cc1)Cc1ccc(F)c(F)c1. The number of rotatable bonds is 12. The summed E-state index contributed by atoms with van der Waals surface area (Å²) < 4.78 is 64.9. The lowest BCUT2D eigenvalue weighted by Crippen LogP contribution is -2.23. The van der Waals surface area contributed by atoms with Crippen LogP contribution in [0.15, 0.2) is 84.9 Å². The molecule has 0 aliphatic heterocycles. The van der Waals surface area contributed by atoms with E-state index in [9.17, 15) is 22.0 Å². The molecule has 0 fully saturated rings. The van der Waals surface area contributed by atoms with Crippen LogP contribution >= 0.6 is 0 Å². The second-order valence-corrected chi connectivity index (χ2v) is 11.1. The molecule has 0 heterocycles. The largest absolute Gasteiger partial charge is 0.482 e. The summed E-state index contributed by atoms with van der Waals surface area (Å²) in [5.41, 5.74) is 3.21. The minimum absolute atomic E-state index is 0.224. The number of aliphatic carboxylic acids is 1. The normalized spacial score (nSPS) is 11.1. The Morgan fingerprint density at radius 3 is 2.20 bits per heavy atom. The molecule has 0 aliphatic rings. The van der Waals surface area contributed by atoms with E-state index in [1.807, 2.05) is 23.1 Å². The van der Waals surface area contributed by atoms with Gasteiger partial charge in [-0.3, -0.25) is 4.72 Å². The predicted octanol–water partition coefficient (Wildman–Crippen LogP) is 6.11. The zero-order valence-corrected chi connectivity index (χ0v) is 23.1. The molecule has 4 aromatic carbocycles. The topological polar surface area (TPSA) is 105 Å². The molecule has 2 N–H and O–H groups in total. The van der Waals surface area contributed by atoms with E-state index in [0.29, 0.717) is 46.3 Å². The quantitative estimate of drug-likeness (QED) is 0.208. The van der Waals surface area contributed by atoms with Crippen molar-refractivity contribution in [3.63, 3.8) is 0 Å². The van der Waals surface area contributed by atoms with E-state index >= 15 is 0 Å². The number of hydrogen-bond acceptors (Lipinski definition) is 6. The molecule has 0 bridgehead atoms. The lowest BCUT2D eigenvalue weighted by atomic mass is 10.1. The number of anilines is 2. The highest BCUT2D eigenvalue weighted by Crippen LogP contribution is 2.31. The molecule has 0 radical (unpaired) electrons. The molecule has 0 aliphatic carbocycles. The van der Waals surface area contributed by atoms with Gasteiger partial charge in [-0.15, -0.1) is 0 Å². The highest BCUT2D eigenvalue weighted by atomic mass is 32.2. The van der Waals surface area contributed by atoms with Crippen LogP contribution in [-0.4, -0.2) is 32.4 Å². The van der Waals surface area contributed by atoms with E-state index in [2.05, 4.69) is 4.72 Å². The first-order chi connectivity index (χ1) is 19.5. The van der Waals surface area contributed by atoms with Crippen molar-refractivity contribution in [1.29, 1.82) is 0 Å². The molecular formula is C30H28F2N2O6S. The third-order valence-electron chi connectivity index (χ3n) is 6.00. The van der Waals surface area contributed by atoms with Crippen molar-refractivity contribution in [3.05, 3.63) is 113 Å². The average Bonchev–Trinajstić information content (AvgIpc) is 2.91. The molecule has 0 amide bonds. The summed E-state index contributed by atoms with van der Waals surface area (Å²) in [7, 11) is -3.52. The Kier molecular flexibility index (Phi) is 9.08. The standard InChI is InChI=1S/C30H28F2N2O6S/c1-20-28(33-41(2,37)38)7-4-8-29(20)34(18-22-11-14-26(31)27(32)15-22)17-21-9-12-23(13-10-21)40-25-6-3-5-24(16-25)39-19-30(35)36/h3-16,33H,17-19H2,1-2H3,(H,35,36). The highest BCUT2D eigenvalue weighted by Gasteiger charge is 2.16. The van der Waals surface area contributed by atoms with Gasteiger partial charge in [-0.2, -0.15) is 0 Å². The van der Waals surface area contributed by atoms with Crippen molar-refractivity contribution in [2.24, 2.45) is 0 Å². The number of halogens is 2. The summed E-state index contributed by atoms with van der Waals surface area (Å²) in [4.78, 5) is 12.7. The molecule has 4 rings (SSSR count). The van der Waals surface area contributed by atoms with Gasteiger partial charge in [0.25, 0.3) is 0 Å². The Bertz CT molecular complexity index is 1650. The van der Waals surface area contributed by atoms with E-state index in [4.69, 9.17) is 14.6 Å². The Hall–Kier alpha value is -4.64. The summed E-state index contributed by atoms with van der Waals surface area (Å²) in [5, 5.41) is 8.80. The van der Waals surface area contributed by atoms with Crippen LogP contribution in [-0.2, 0) is 27.9 Å². The maximum Gasteiger partial charge on any atom is 0.341 e. The van der Waals surface area contributed by atoms with Crippen LogP contribution in [0.4, 0.5) is 20.2 Å². The molecule has 0 aromatic heterocycles. The van der Waals surface area contributed by atoms with Gasteiger partial charge in [0.05, 0.1) is 11.9 Å². The van der Waals surface area contributed by atoms with E-state index in [1.165, 1.54) is 6.07 Å². The molecule has 8 nitrogen and oxygen atoms in total. The van der Waals surface area contributed by atoms with Crippen LogP contribution in [0, 0.1) is 18.6 Å². The zero-order chi connectivity index (χ0) is 29.6. The van der Waals surface area contributed by atoms with Crippen LogP contribution in [0.2, 0.25) is 0 Å². The van der Waals surface area contributed by atoms with Gasteiger partial charge in [-0.1, -0.05) is 30.3 Å². The molecule has 41 heavy (non-hydrogen) atoms. The Balaban J connectivity index is 1.57. The molecule has 4 aromatic rings. The molecule has 0 saturated heterocycles. The van der Waals surface area contributed by atoms with Crippen molar-refractivity contribution in [1.82, 2.24) is 0 Å². The smallest absolute Gasteiger partial charge is 0.341 e. The van der Waals surface area contributed by atoms with Gasteiger partial charge >= 0.3 is 5.97 Å². The Morgan fingerprint density at radius 1 is 0.854 bits per heavy atom. The number of carbonyl (C=O) groups is 1. The lowest BCUT2D eigenvalue weighted by molar-refractivity contribution is -0.139. The van der Waals surface area contributed by atoms with Gasteiger partial charge < -0.3 is 19.5 Å². The predicted molar refractivity (Wildman–Crippen MR) is 152 cm³/mol. The van der Waals surface area contributed by atoms with E-state index in [1.54, 1.807) is 55.5 Å². The number of carboxylic acids is 1. The van der Waals surface area contributed by atoms with Gasteiger partial charge in [0, 0.05) is 24.8 Å². The third-order valence-corrected chi connectivity index (χ3v) is 6.59. The van der Waals surface area contributed by atoms with Crippen molar-refractivity contribution in [2.75, 3.05) is 22.5 Å². The van der Waals surface area contributed by atoms with Crippen molar-refractivity contribution < 1.29 is 36.6 Å². The zero-order valence-electron chi connectivity index (χ0n) is 22.3. The van der Waals surface area contributed by atoms with Gasteiger partial charge in [-0.05, 0) is 72.1 Å².